The summed E-state index contributed by atoms with van der Waals surface area (Å²) >= 11 is 0. The maximum atomic E-state index is 7.46. The molecule has 3 N–H and O–H groups in total. The molecule has 1 saturated heterocycles. The average Bonchev–Trinajstić information content (AvgIpc) is 2.21. The van der Waals surface area contributed by atoms with Gasteiger partial charge in [0.25, 0.3) is 0 Å². The highest BCUT2D eigenvalue weighted by Crippen LogP contribution is 2.15. The van der Waals surface area contributed by atoms with Crippen molar-refractivity contribution in [2.75, 3.05) is 13.1 Å². The molecule has 0 spiro atoms. The molecule has 1 aliphatic rings. The Balaban J connectivity index is 0.000000791. The van der Waals surface area contributed by atoms with Crippen LogP contribution >= 0.6 is 0 Å². The van der Waals surface area contributed by atoms with Gasteiger partial charge in [0, 0.05) is 13.1 Å². The molecular formula is C9H21N5. The quantitative estimate of drug-likeness (QED) is 0.206. The van der Waals surface area contributed by atoms with E-state index in [0.29, 0.717) is 5.92 Å². The van der Waals surface area contributed by atoms with Crippen LogP contribution in [0.2, 0.25) is 0 Å². The molecule has 0 aromatic heterocycles. The van der Waals surface area contributed by atoms with Crippen molar-refractivity contribution in [1.29, 1.82) is 5.41 Å². The van der Waals surface area contributed by atoms with E-state index >= 15 is 0 Å². The van der Waals surface area contributed by atoms with Crippen molar-refractivity contribution in [3.63, 3.8) is 0 Å². The minimum Gasteiger partial charge on any atom is -0.340 e. The van der Waals surface area contributed by atoms with E-state index in [-0.39, 0.29) is 5.96 Å². The van der Waals surface area contributed by atoms with E-state index in [1.807, 2.05) is 18.7 Å². The zero-order valence-corrected chi connectivity index (χ0v) is 9.32. The van der Waals surface area contributed by atoms with Crippen LogP contribution in [0.3, 0.4) is 0 Å². The smallest absolute Gasteiger partial charge is 0.239 e. The van der Waals surface area contributed by atoms with Crippen molar-refractivity contribution < 1.29 is 0 Å². The van der Waals surface area contributed by atoms with Gasteiger partial charge in [0.15, 0.2) is 0 Å². The number of nitrogens with zero attached hydrogens (tertiary/aromatic N) is 3. The lowest BCUT2D eigenvalue weighted by Gasteiger charge is -2.30. The Morgan fingerprint density at radius 2 is 2.14 bits per heavy atom. The van der Waals surface area contributed by atoms with Gasteiger partial charge in [-0.05, 0) is 18.8 Å². The van der Waals surface area contributed by atoms with E-state index in [4.69, 9.17) is 11.3 Å². The minimum atomic E-state index is 0.184. The maximum absolute atomic E-state index is 7.46. The summed E-state index contributed by atoms with van der Waals surface area (Å²) in [7, 11) is 0. The fraction of sp³-hybridized carbons (Fsp3) is 0.889. The lowest BCUT2D eigenvalue weighted by molar-refractivity contribution is 0.269. The highest BCUT2D eigenvalue weighted by molar-refractivity contribution is 5.77. The molecule has 0 aromatic carbocycles. The third-order valence-electron chi connectivity index (χ3n) is 2.11. The first kappa shape index (κ1) is 12.9. The van der Waals surface area contributed by atoms with Gasteiger partial charge in [0.05, 0.1) is 0 Å². The van der Waals surface area contributed by atoms with Gasteiger partial charge in [-0.25, -0.2) is 0 Å². The Labute approximate surface area is 85.9 Å². The van der Waals surface area contributed by atoms with E-state index in [1.54, 1.807) is 0 Å². The van der Waals surface area contributed by atoms with Gasteiger partial charge in [0.1, 0.15) is 0 Å². The summed E-state index contributed by atoms with van der Waals surface area (Å²) in [6.07, 6.45) is 2.37. The summed E-state index contributed by atoms with van der Waals surface area (Å²) in [5.41, 5.74) is 0. The molecule has 0 aliphatic carbocycles. The van der Waals surface area contributed by atoms with Crippen LogP contribution in [0.4, 0.5) is 0 Å². The standard InChI is InChI=1S/C7H15N5.C2H6/c1-6-3-2-4-12(5-6)7(8)10-11-9;1-2/h6H,2-5H2,1H3,(H3,8,9,10);1-2H3. The molecule has 0 saturated carbocycles. The second-order valence-electron chi connectivity index (χ2n) is 3.23. The normalized spacial score (nSPS) is 21.6. The number of guanidine groups is 1. The van der Waals surface area contributed by atoms with E-state index < -0.39 is 0 Å². The highest BCUT2D eigenvalue weighted by atomic mass is 15.4. The van der Waals surface area contributed by atoms with Crippen molar-refractivity contribution >= 4 is 5.96 Å². The van der Waals surface area contributed by atoms with E-state index in [0.717, 1.165) is 19.5 Å². The van der Waals surface area contributed by atoms with Gasteiger partial charge in [-0.2, -0.15) is 0 Å². The molecule has 1 unspecified atom stereocenters. The molecule has 1 aliphatic heterocycles. The molecule has 0 radical (unpaired) electrons. The van der Waals surface area contributed by atoms with Crippen molar-refractivity contribution in [2.45, 2.75) is 33.6 Å². The second kappa shape index (κ2) is 7.29. The Morgan fingerprint density at radius 3 is 2.64 bits per heavy atom. The zero-order chi connectivity index (χ0) is 11.0. The van der Waals surface area contributed by atoms with Crippen LogP contribution in [0, 0.1) is 11.3 Å². The summed E-state index contributed by atoms with van der Waals surface area (Å²) in [5.74, 6) is 5.69. The van der Waals surface area contributed by atoms with Crippen molar-refractivity contribution in [2.24, 2.45) is 22.1 Å². The maximum Gasteiger partial charge on any atom is 0.239 e. The summed E-state index contributed by atoms with van der Waals surface area (Å²) in [6.45, 7) is 7.99. The molecule has 0 bridgehead atoms. The number of hydrogen-bond acceptors (Lipinski definition) is 2. The van der Waals surface area contributed by atoms with E-state index in [1.165, 1.54) is 6.42 Å². The van der Waals surface area contributed by atoms with Gasteiger partial charge in [-0.1, -0.05) is 31.1 Å². The molecule has 1 atom stereocenters. The lowest BCUT2D eigenvalue weighted by Crippen LogP contribution is -2.37. The van der Waals surface area contributed by atoms with Crippen molar-refractivity contribution in [3.05, 3.63) is 0 Å². The highest BCUT2D eigenvalue weighted by Gasteiger charge is 2.17. The Bertz CT molecular complexity index is 190. The largest absolute Gasteiger partial charge is 0.340 e. The Hall–Kier alpha value is -1.13. The van der Waals surface area contributed by atoms with Crippen molar-refractivity contribution in [3.8, 4) is 0 Å². The van der Waals surface area contributed by atoms with Crippen LogP contribution in [0.15, 0.2) is 10.3 Å². The van der Waals surface area contributed by atoms with Crippen LogP contribution in [0.1, 0.15) is 33.6 Å². The van der Waals surface area contributed by atoms with E-state index in [2.05, 4.69) is 17.3 Å². The molecule has 1 heterocycles. The third kappa shape index (κ3) is 4.20. The lowest BCUT2D eigenvalue weighted by atomic mass is 10.0. The topological polar surface area (TPSA) is 77.8 Å². The van der Waals surface area contributed by atoms with Gasteiger partial charge in [-0.15, -0.1) is 0 Å². The van der Waals surface area contributed by atoms with Gasteiger partial charge < -0.3 is 10.7 Å². The monoisotopic (exact) mass is 199 g/mol. The molecule has 14 heavy (non-hydrogen) atoms. The predicted molar refractivity (Wildman–Crippen MR) is 58.1 cm³/mol. The number of rotatable bonds is 0. The van der Waals surface area contributed by atoms with Crippen LogP contribution in [-0.4, -0.2) is 23.9 Å². The summed E-state index contributed by atoms with van der Waals surface area (Å²) < 4.78 is 0. The summed E-state index contributed by atoms with van der Waals surface area (Å²) in [5, 5.41) is 14.0. The fourth-order valence-electron chi connectivity index (χ4n) is 1.50. The molecule has 1 fully saturated rings. The Kier molecular flexibility index (Phi) is 6.70. The average molecular weight is 199 g/mol. The molecule has 82 valence electrons. The molecular weight excluding hydrogens is 178 g/mol. The first-order valence-corrected chi connectivity index (χ1v) is 5.18. The molecule has 1 rings (SSSR count). The van der Waals surface area contributed by atoms with Gasteiger partial charge >= 0.3 is 0 Å². The first-order valence-electron chi connectivity index (χ1n) is 5.18. The molecule has 0 aromatic rings. The molecule has 5 heteroatoms. The Morgan fingerprint density at radius 1 is 1.50 bits per heavy atom. The molecule has 5 nitrogen and oxygen atoms in total. The number of nitrogens with one attached hydrogen (secondary N) is 1. The van der Waals surface area contributed by atoms with Crippen LogP contribution < -0.4 is 5.84 Å². The van der Waals surface area contributed by atoms with Gasteiger partial charge in [0.2, 0.25) is 5.96 Å². The van der Waals surface area contributed by atoms with Gasteiger partial charge in [-0.3, -0.25) is 5.41 Å². The first-order chi connectivity index (χ1) is 6.74. The van der Waals surface area contributed by atoms with Crippen molar-refractivity contribution in [1.82, 2.24) is 4.90 Å². The third-order valence-corrected chi connectivity index (χ3v) is 2.11. The summed E-state index contributed by atoms with van der Waals surface area (Å²) in [4.78, 5) is 1.91. The number of likely N-dealkylation sites (tertiary alicyclic amines) is 1. The second-order valence-corrected chi connectivity index (χ2v) is 3.23. The van der Waals surface area contributed by atoms with Crippen LogP contribution in [0.25, 0.3) is 0 Å². The van der Waals surface area contributed by atoms with Crippen LogP contribution in [0.5, 0.6) is 0 Å². The minimum absolute atomic E-state index is 0.184. The molecule has 0 amide bonds. The SMILES string of the molecule is CC.CC1CCCN(C(=N)/N=N\N)C1. The van der Waals surface area contributed by atoms with E-state index in [9.17, 15) is 0 Å². The number of piperidine rings is 1. The number of hydrogen-bond donors (Lipinski definition) is 2. The zero-order valence-electron chi connectivity index (χ0n) is 9.32. The summed E-state index contributed by atoms with van der Waals surface area (Å²) in [6, 6.07) is 0. The van der Waals surface area contributed by atoms with Crippen LogP contribution in [-0.2, 0) is 0 Å². The number of nitrogens with two attached hydrogens (primary N) is 1. The fourth-order valence-corrected chi connectivity index (χ4v) is 1.50. The predicted octanol–water partition coefficient (Wildman–Crippen LogP) is 2.01.